The van der Waals surface area contributed by atoms with Gasteiger partial charge in [0.1, 0.15) is 17.7 Å². The first kappa shape index (κ1) is 29.7. The van der Waals surface area contributed by atoms with Crippen LogP contribution in [0.3, 0.4) is 0 Å². The summed E-state index contributed by atoms with van der Waals surface area (Å²) in [4.78, 5) is 32.0. The van der Waals surface area contributed by atoms with E-state index in [2.05, 4.69) is 9.71 Å². The summed E-state index contributed by atoms with van der Waals surface area (Å²) in [5, 5.41) is 11.1. The Bertz CT molecular complexity index is 1590. The van der Waals surface area contributed by atoms with E-state index in [1.54, 1.807) is 11.0 Å². The summed E-state index contributed by atoms with van der Waals surface area (Å²) >= 11 is 0. The van der Waals surface area contributed by atoms with Crippen LogP contribution in [0.4, 0.5) is 14.5 Å². The van der Waals surface area contributed by atoms with Gasteiger partial charge in [0.2, 0.25) is 15.9 Å². The van der Waals surface area contributed by atoms with Gasteiger partial charge in [-0.2, -0.15) is 0 Å². The van der Waals surface area contributed by atoms with Crippen LogP contribution in [0, 0.1) is 17.6 Å². The third-order valence-electron chi connectivity index (χ3n) is 8.23. The number of aromatic amines is 1. The van der Waals surface area contributed by atoms with Crippen LogP contribution in [-0.4, -0.2) is 78.7 Å². The van der Waals surface area contributed by atoms with E-state index in [0.717, 1.165) is 53.8 Å². The number of carboxylic acids is 1. The van der Waals surface area contributed by atoms with Gasteiger partial charge in [-0.05, 0) is 98.1 Å². The fraction of sp³-hybridized carbons (Fsp3) is 0.400. The number of H-pyrrole nitrogens is 1. The Morgan fingerprint density at radius 1 is 1.02 bits per heavy atom. The summed E-state index contributed by atoms with van der Waals surface area (Å²) in [5.41, 5.74) is 2.75. The van der Waals surface area contributed by atoms with Gasteiger partial charge in [-0.25, -0.2) is 17.2 Å². The van der Waals surface area contributed by atoms with Crippen LogP contribution < -0.4 is 4.72 Å². The maximum absolute atomic E-state index is 13.4. The molecule has 1 amide bonds. The van der Waals surface area contributed by atoms with Crippen LogP contribution >= 0.6 is 0 Å². The van der Waals surface area contributed by atoms with E-state index in [1.807, 2.05) is 23.2 Å². The zero-order valence-corrected chi connectivity index (χ0v) is 24.0. The number of hydrogen-bond acceptors (Lipinski definition) is 5. The van der Waals surface area contributed by atoms with Gasteiger partial charge in [-0.1, -0.05) is 0 Å². The van der Waals surface area contributed by atoms with Gasteiger partial charge in [0.25, 0.3) is 0 Å². The maximum Gasteiger partial charge on any atom is 0.321 e. The fourth-order valence-electron chi connectivity index (χ4n) is 6.28. The Morgan fingerprint density at radius 3 is 2.31 bits per heavy atom. The van der Waals surface area contributed by atoms with Crippen molar-refractivity contribution in [1.29, 1.82) is 0 Å². The molecule has 9 nitrogen and oxygen atoms in total. The number of likely N-dealkylation sites (tertiary alicyclic amines) is 2. The molecule has 5 rings (SSSR count). The summed E-state index contributed by atoms with van der Waals surface area (Å²) < 4.78 is 52.7. The Labute approximate surface area is 243 Å². The second-order valence-electron chi connectivity index (χ2n) is 11.2. The molecule has 3 heterocycles. The highest BCUT2D eigenvalue weighted by molar-refractivity contribution is 7.92. The molecule has 0 bridgehead atoms. The second kappa shape index (κ2) is 12.2. The molecule has 224 valence electrons. The highest BCUT2D eigenvalue weighted by atomic mass is 32.2. The average molecular weight is 601 g/mol. The molecular formula is C30H34F2N4O5S. The van der Waals surface area contributed by atoms with Crippen LogP contribution in [0.5, 0.6) is 0 Å². The normalized spacial score (nSPS) is 18.5. The number of anilines is 1. The van der Waals surface area contributed by atoms with Crippen molar-refractivity contribution in [3.05, 3.63) is 71.4 Å². The molecule has 12 heteroatoms. The molecular weight excluding hydrogens is 566 g/mol. The van der Waals surface area contributed by atoms with Crippen molar-refractivity contribution in [1.82, 2.24) is 14.8 Å². The first-order chi connectivity index (χ1) is 20.0. The number of rotatable bonds is 8. The largest absolute Gasteiger partial charge is 0.480 e. The Hall–Kier alpha value is -3.77. The standard InChI is InChI=1S/C30H34F2N4O5S/c1-42(40,41)34-24-3-4-27-25(17-24)26(18-33-27)20-6-12-36(13-7-20)29(30(38)39)21-8-10-35(11-9-21)28(37)5-2-19-14-22(31)16-23(32)15-19/h2-5,14-18,20-21,29,33-34H,6-13H2,1H3,(H,38,39). The van der Waals surface area contributed by atoms with E-state index in [9.17, 15) is 31.9 Å². The Morgan fingerprint density at radius 2 is 1.69 bits per heavy atom. The number of aromatic nitrogens is 1. The van der Waals surface area contributed by atoms with E-state index in [0.29, 0.717) is 44.7 Å². The molecule has 2 saturated heterocycles. The Balaban J connectivity index is 1.18. The van der Waals surface area contributed by atoms with Gasteiger partial charge in [-0.15, -0.1) is 0 Å². The number of carbonyl (C=O) groups excluding carboxylic acids is 1. The molecule has 0 spiro atoms. The molecule has 0 saturated carbocycles. The molecule has 3 aromatic rings. The summed E-state index contributed by atoms with van der Waals surface area (Å²) in [5.74, 6) is -2.49. The minimum atomic E-state index is -3.40. The number of aliphatic carboxylic acids is 1. The highest BCUT2D eigenvalue weighted by Crippen LogP contribution is 2.36. The van der Waals surface area contributed by atoms with Gasteiger partial charge < -0.3 is 15.0 Å². The van der Waals surface area contributed by atoms with E-state index < -0.39 is 33.7 Å². The summed E-state index contributed by atoms with van der Waals surface area (Å²) in [6, 6.07) is 7.79. The zero-order valence-electron chi connectivity index (χ0n) is 23.2. The number of fused-ring (bicyclic) bond motifs is 1. The number of carboxylic acid groups (broad SMARTS) is 1. The summed E-state index contributed by atoms with van der Waals surface area (Å²) in [7, 11) is -3.40. The zero-order chi connectivity index (χ0) is 30.0. The molecule has 1 atom stereocenters. The topological polar surface area (TPSA) is 123 Å². The van der Waals surface area contributed by atoms with Crippen LogP contribution in [0.25, 0.3) is 17.0 Å². The molecule has 2 aliphatic heterocycles. The predicted molar refractivity (Wildman–Crippen MR) is 156 cm³/mol. The van der Waals surface area contributed by atoms with Crippen LogP contribution in [0.15, 0.2) is 48.7 Å². The Kier molecular flexibility index (Phi) is 8.65. The number of benzene rings is 2. The highest BCUT2D eigenvalue weighted by Gasteiger charge is 2.38. The summed E-state index contributed by atoms with van der Waals surface area (Å²) in [6.07, 6.45) is 8.36. The lowest BCUT2D eigenvalue weighted by atomic mass is 9.84. The third kappa shape index (κ3) is 6.99. The van der Waals surface area contributed by atoms with Crippen LogP contribution in [0.2, 0.25) is 0 Å². The van der Waals surface area contributed by atoms with Gasteiger partial charge in [0.15, 0.2) is 0 Å². The van der Waals surface area contributed by atoms with Gasteiger partial charge in [0.05, 0.1) is 6.26 Å². The number of hydrogen-bond donors (Lipinski definition) is 3. The van der Waals surface area contributed by atoms with Crippen LogP contribution in [0.1, 0.15) is 42.7 Å². The lowest BCUT2D eigenvalue weighted by Gasteiger charge is -2.41. The quantitative estimate of drug-likeness (QED) is 0.330. The van der Waals surface area contributed by atoms with E-state index in [-0.39, 0.29) is 23.3 Å². The van der Waals surface area contributed by atoms with Gasteiger partial charge in [-0.3, -0.25) is 19.2 Å². The smallest absolute Gasteiger partial charge is 0.321 e. The number of nitrogens with zero attached hydrogens (tertiary/aromatic N) is 2. The molecule has 2 fully saturated rings. The van der Waals surface area contributed by atoms with Crippen molar-refractivity contribution < 1.29 is 31.9 Å². The van der Waals surface area contributed by atoms with Crippen molar-refractivity contribution in [3.8, 4) is 0 Å². The number of nitrogens with one attached hydrogen (secondary N) is 2. The van der Waals surface area contributed by atoms with Crippen molar-refractivity contribution in [2.45, 2.75) is 37.6 Å². The number of piperidine rings is 2. The lowest BCUT2D eigenvalue weighted by molar-refractivity contribution is -0.147. The second-order valence-corrected chi connectivity index (χ2v) is 12.9. The molecule has 0 aliphatic carbocycles. The maximum atomic E-state index is 13.4. The first-order valence-corrected chi connectivity index (χ1v) is 15.8. The molecule has 2 aromatic carbocycles. The van der Waals surface area contributed by atoms with E-state index >= 15 is 0 Å². The molecule has 0 radical (unpaired) electrons. The molecule has 42 heavy (non-hydrogen) atoms. The molecule has 1 aromatic heterocycles. The van der Waals surface area contributed by atoms with Crippen molar-refractivity contribution >= 4 is 44.6 Å². The summed E-state index contributed by atoms with van der Waals surface area (Å²) in [6.45, 7) is 2.04. The van der Waals surface area contributed by atoms with E-state index in [1.165, 1.54) is 12.2 Å². The lowest BCUT2D eigenvalue weighted by Crippen LogP contribution is -2.52. The van der Waals surface area contributed by atoms with Gasteiger partial charge in [0, 0.05) is 48.0 Å². The number of carbonyl (C=O) groups is 2. The third-order valence-corrected chi connectivity index (χ3v) is 8.84. The number of halogens is 2. The molecule has 1 unspecified atom stereocenters. The SMILES string of the molecule is CS(=O)(=O)Nc1ccc2[nH]cc(C3CCN(C(C(=O)O)C4CCN(C(=O)C=Cc5cc(F)cc(F)c5)CC4)CC3)c2c1. The monoisotopic (exact) mass is 600 g/mol. The van der Waals surface area contributed by atoms with E-state index in [4.69, 9.17) is 0 Å². The molecule has 3 N–H and O–H groups in total. The first-order valence-electron chi connectivity index (χ1n) is 14.0. The van der Waals surface area contributed by atoms with Crippen molar-refractivity contribution in [3.63, 3.8) is 0 Å². The van der Waals surface area contributed by atoms with Crippen molar-refractivity contribution in [2.75, 3.05) is 37.2 Å². The van der Waals surface area contributed by atoms with Gasteiger partial charge >= 0.3 is 5.97 Å². The average Bonchev–Trinajstić information content (AvgIpc) is 3.34. The van der Waals surface area contributed by atoms with Crippen molar-refractivity contribution in [2.24, 2.45) is 5.92 Å². The van der Waals surface area contributed by atoms with Crippen LogP contribution in [-0.2, 0) is 19.6 Å². The molecule has 2 aliphatic rings. The minimum absolute atomic E-state index is 0.109. The minimum Gasteiger partial charge on any atom is -0.480 e. The number of sulfonamides is 1. The fourth-order valence-corrected chi connectivity index (χ4v) is 6.84. The number of amides is 1. The predicted octanol–water partition coefficient (Wildman–Crippen LogP) is 4.40.